The number of hydrogen-bond donors (Lipinski definition) is 0. The van der Waals surface area contributed by atoms with Crippen LogP contribution < -0.4 is 0 Å². The van der Waals surface area contributed by atoms with Crippen molar-refractivity contribution in [3.8, 4) is 11.1 Å². The Labute approximate surface area is 177 Å². The van der Waals surface area contributed by atoms with Gasteiger partial charge >= 0.3 is 0 Å². The molecule has 3 aromatic rings. The van der Waals surface area contributed by atoms with Gasteiger partial charge in [0.2, 0.25) is 9.84 Å². The van der Waals surface area contributed by atoms with Gasteiger partial charge in [0.05, 0.1) is 9.80 Å². The van der Waals surface area contributed by atoms with Crippen LogP contribution >= 0.6 is 47.8 Å². The third-order valence-electron chi connectivity index (χ3n) is 4.24. The highest BCUT2D eigenvalue weighted by Crippen LogP contribution is 2.54. The quantitative estimate of drug-likeness (QED) is 0.346. The van der Waals surface area contributed by atoms with E-state index >= 15 is 0 Å². The van der Waals surface area contributed by atoms with Crippen molar-refractivity contribution >= 4 is 67.0 Å². The summed E-state index contributed by atoms with van der Waals surface area (Å²) in [5.74, 6) is 0. The number of benzene rings is 3. The van der Waals surface area contributed by atoms with Crippen LogP contribution in [0.5, 0.6) is 0 Å². The molecule has 2 nitrogen and oxygen atoms in total. The monoisotopic (exact) mass is 552 g/mol. The van der Waals surface area contributed by atoms with Crippen LogP contribution in [0.2, 0.25) is 0 Å². The summed E-state index contributed by atoms with van der Waals surface area (Å²) in [6.07, 6.45) is 0. The zero-order valence-electron chi connectivity index (χ0n) is 13.2. The summed E-state index contributed by atoms with van der Waals surface area (Å²) < 4.78 is 28.7. The molecule has 0 bridgehead atoms. The van der Waals surface area contributed by atoms with Crippen LogP contribution in [0.3, 0.4) is 0 Å². The molecule has 6 heteroatoms. The van der Waals surface area contributed by atoms with Gasteiger partial charge in [-0.1, -0.05) is 76.6 Å². The van der Waals surface area contributed by atoms with Gasteiger partial charge in [-0.15, -0.1) is 0 Å². The summed E-state index contributed by atoms with van der Waals surface area (Å²) >= 11 is 10.7. The first-order valence-corrected chi connectivity index (χ1v) is 11.6. The summed E-state index contributed by atoms with van der Waals surface area (Å²) in [6, 6.07) is 20.7. The van der Waals surface area contributed by atoms with Crippen molar-refractivity contribution in [2.75, 3.05) is 0 Å². The minimum Gasteiger partial charge on any atom is -0.218 e. The molecule has 0 amide bonds. The molecule has 0 unspecified atom stereocenters. The second kappa shape index (κ2) is 6.75. The molecule has 0 atom stereocenters. The van der Waals surface area contributed by atoms with Gasteiger partial charge in [-0.3, -0.25) is 0 Å². The van der Waals surface area contributed by atoms with Crippen LogP contribution in [0.4, 0.5) is 0 Å². The molecular weight excluding hydrogens is 544 g/mol. The van der Waals surface area contributed by atoms with E-state index in [-0.39, 0.29) is 0 Å². The van der Waals surface area contributed by atoms with Gasteiger partial charge in [-0.25, -0.2) is 8.42 Å². The maximum Gasteiger partial charge on any atom is 0.210 e. The topological polar surface area (TPSA) is 34.1 Å². The lowest BCUT2D eigenvalue weighted by molar-refractivity contribution is 0.606. The standard InChI is InChI=1S/C20H11Br3O2S/c21-14-11-15(22)20-17(16(14)12-7-3-1-4-8-12)18(23)19(26(20,24)25)13-9-5-2-6-10-13/h1-11H. The minimum atomic E-state index is -3.66. The Bertz CT molecular complexity index is 1150. The minimum absolute atomic E-state index is 0.295. The fourth-order valence-corrected chi connectivity index (χ4v) is 8.37. The molecule has 1 heterocycles. The predicted molar refractivity (Wildman–Crippen MR) is 117 cm³/mol. The third kappa shape index (κ3) is 2.74. The van der Waals surface area contributed by atoms with Crippen molar-refractivity contribution in [3.05, 3.63) is 86.8 Å². The Morgan fingerprint density at radius 1 is 0.654 bits per heavy atom. The van der Waals surface area contributed by atoms with E-state index in [9.17, 15) is 8.42 Å². The lowest BCUT2D eigenvalue weighted by atomic mass is 9.99. The average molecular weight is 555 g/mol. The van der Waals surface area contributed by atoms with E-state index in [0.29, 0.717) is 29.9 Å². The zero-order valence-corrected chi connectivity index (χ0v) is 18.8. The fourth-order valence-electron chi connectivity index (χ4n) is 3.17. The molecule has 0 radical (unpaired) electrons. The SMILES string of the molecule is O=S1(=O)C(c2ccccc2)=C(Br)c2c(-c3ccccc3)c(Br)cc(Br)c21. The van der Waals surface area contributed by atoms with Gasteiger partial charge < -0.3 is 0 Å². The first kappa shape index (κ1) is 18.2. The molecular formula is C20H11Br3O2S. The molecule has 26 heavy (non-hydrogen) atoms. The summed E-state index contributed by atoms with van der Waals surface area (Å²) in [5, 5.41) is 0. The van der Waals surface area contributed by atoms with E-state index in [2.05, 4.69) is 47.8 Å². The second-order valence-electron chi connectivity index (χ2n) is 5.80. The van der Waals surface area contributed by atoms with Gasteiger partial charge in [0.25, 0.3) is 0 Å². The molecule has 0 saturated carbocycles. The average Bonchev–Trinajstić information content (AvgIpc) is 2.83. The van der Waals surface area contributed by atoms with Crippen LogP contribution in [0.25, 0.3) is 20.5 Å². The van der Waals surface area contributed by atoms with E-state index in [1.807, 2.05) is 60.7 Å². The zero-order chi connectivity index (χ0) is 18.5. The van der Waals surface area contributed by atoms with Crippen molar-refractivity contribution in [2.24, 2.45) is 0 Å². The van der Waals surface area contributed by atoms with Gasteiger partial charge in [0.1, 0.15) is 0 Å². The van der Waals surface area contributed by atoms with Crippen LogP contribution in [0, 0.1) is 0 Å². The number of rotatable bonds is 2. The Morgan fingerprint density at radius 3 is 1.77 bits per heavy atom. The van der Waals surface area contributed by atoms with Crippen molar-refractivity contribution in [1.82, 2.24) is 0 Å². The molecule has 4 rings (SSSR count). The van der Waals surface area contributed by atoms with Gasteiger partial charge in [-0.05, 0) is 49.1 Å². The van der Waals surface area contributed by atoms with Crippen LogP contribution in [-0.2, 0) is 9.84 Å². The number of fused-ring (bicyclic) bond motifs is 1. The normalized spacial score (nSPS) is 15.2. The molecule has 0 aromatic heterocycles. The highest BCUT2D eigenvalue weighted by molar-refractivity contribution is 9.15. The summed E-state index contributed by atoms with van der Waals surface area (Å²) in [5.41, 5.74) is 3.14. The van der Waals surface area contributed by atoms with E-state index < -0.39 is 9.84 Å². The Morgan fingerprint density at radius 2 is 1.19 bits per heavy atom. The Hall–Kier alpha value is -1.21. The maximum atomic E-state index is 13.4. The van der Waals surface area contributed by atoms with Crippen molar-refractivity contribution in [2.45, 2.75) is 4.90 Å². The van der Waals surface area contributed by atoms with Crippen LogP contribution in [-0.4, -0.2) is 8.42 Å². The Kier molecular flexibility index (Phi) is 4.72. The molecule has 0 aliphatic carbocycles. The lowest BCUT2D eigenvalue weighted by Crippen LogP contribution is -2.02. The molecule has 0 fully saturated rings. The van der Waals surface area contributed by atoms with Gasteiger partial charge in [0, 0.05) is 24.6 Å². The molecule has 3 aromatic carbocycles. The largest absolute Gasteiger partial charge is 0.218 e. The molecule has 0 N–H and O–H groups in total. The maximum absolute atomic E-state index is 13.4. The van der Waals surface area contributed by atoms with Crippen molar-refractivity contribution < 1.29 is 8.42 Å². The summed E-state index contributed by atoms with van der Waals surface area (Å²) in [7, 11) is -3.66. The van der Waals surface area contributed by atoms with Crippen molar-refractivity contribution in [3.63, 3.8) is 0 Å². The number of halogens is 3. The second-order valence-corrected chi connectivity index (χ2v) is 10.1. The first-order valence-electron chi connectivity index (χ1n) is 7.71. The number of sulfone groups is 1. The predicted octanol–water partition coefficient (Wildman–Crippen LogP) is 6.89. The highest BCUT2D eigenvalue weighted by Gasteiger charge is 2.40. The summed E-state index contributed by atoms with van der Waals surface area (Å²) in [6.45, 7) is 0. The van der Waals surface area contributed by atoms with Gasteiger partial charge in [-0.2, -0.15) is 0 Å². The van der Waals surface area contributed by atoms with Gasteiger partial charge in [0.15, 0.2) is 0 Å². The molecule has 1 aliphatic heterocycles. The molecule has 130 valence electrons. The van der Waals surface area contributed by atoms with E-state index in [0.717, 1.165) is 15.6 Å². The lowest BCUT2D eigenvalue weighted by Gasteiger charge is -2.13. The Balaban J connectivity index is 2.13. The van der Waals surface area contributed by atoms with E-state index in [1.54, 1.807) is 6.07 Å². The highest BCUT2D eigenvalue weighted by atomic mass is 79.9. The molecule has 0 saturated heterocycles. The van der Waals surface area contributed by atoms with E-state index in [1.165, 1.54) is 0 Å². The molecule has 0 spiro atoms. The number of hydrogen-bond acceptors (Lipinski definition) is 2. The summed E-state index contributed by atoms with van der Waals surface area (Å²) in [4.78, 5) is 0.592. The van der Waals surface area contributed by atoms with Crippen LogP contribution in [0.15, 0.2) is 80.6 Å². The third-order valence-corrected chi connectivity index (χ3v) is 8.75. The van der Waals surface area contributed by atoms with E-state index in [4.69, 9.17) is 0 Å². The van der Waals surface area contributed by atoms with Crippen molar-refractivity contribution in [1.29, 1.82) is 0 Å². The fraction of sp³-hybridized carbons (Fsp3) is 0. The first-order chi connectivity index (χ1) is 12.4. The molecule has 1 aliphatic rings. The smallest absolute Gasteiger partial charge is 0.210 e. The van der Waals surface area contributed by atoms with Crippen LogP contribution in [0.1, 0.15) is 11.1 Å².